The first-order valence-corrected chi connectivity index (χ1v) is 21.1. The normalized spacial score (nSPS) is 14.6. The maximum Gasteiger partial charge on any atom is 0.220 e. The van der Waals surface area contributed by atoms with Crippen LogP contribution in [-0.2, 0) is 4.79 Å². The third-order valence-corrected chi connectivity index (χ3v) is 10.0. The van der Waals surface area contributed by atoms with Crippen LogP contribution < -0.4 is 10.6 Å². The molecule has 4 nitrogen and oxygen atoms in total. The molecule has 0 bridgehead atoms. The lowest BCUT2D eigenvalue weighted by atomic mass is 9.94. The molecule has 4 heteroatoms. The van der Waals surface area contributed by atoms with E-state index in [1.807, 2.05) is 0 Å². The molecule has 47 heavy (non-hydrogen) atoms. The summed E-state index contributed by atoms with van der Waals surface area (Å²) in [5.74, 6) is 2.05. The molecule has 274 valence electrons. The highest BCUT2D eigenvalue weighted by molar-refractivity contribution is 5.85. The van der Waals surface area contributed by atoms with E-state index in [1.54, 1.807) is 0 Å². The largest absolute Gasteiger partial charge is 0.372 e. The fourth-order valence-corrected chi connectivity index (χ4v) is 6.89. The Hall–Kier alpha value is -1.58. The van der Waals surface area contributed by atoms with Gasteiger partial charge in [-0.05, 0) is 83.5 Å². The van der Waals surface area contributed by atoms with Crippen molar-refractivity contribution in [3.63, 3.8) is 0 Å². The minimum atomic E-state index is 0.277. The van der Waals surface area contributed by atoms with E-state index in [0.29, 0.717) is 18.4 Å². The Balaban J connectivity index is 2.22. The second-order valence-electron chi connectivity index (χ2n) is 14.5. The average Bonchev–Trinajstić information content (AvgIpc) is 3.62. The Morgan fingerprint density at radius 1 is 0.617 bits per heavy atom. The van der Waals surface area contributed by atoms with Gasteiger partial charge < -0.3 is 10.6 Å². The zero-order chi connectivity index (χ0) is 33.9. The van der Waals surface area contributed by atoms with E-state index in [-0.39, 0.29) is 5.91 Å². The van der Waals surface area contributed by atoms with Gasteiger partial charge >= 0.3 is 0 Å². The molecule has 0 aromatic rings. The Kier molecular flexibility index (Phi) is 31.7. The van der Waals surface area contributed by atoms with Gasteiger partial charge in [0.2, 0.25) is 5.91 Å². The van der Waals surface area contributed by atoms with Crippen LogP contribution in [0.25, 0.3) is 0 Å². The molecular formula is C43H81N3O. The molecule has 0 saturated heterocycles. The summed E-state index contributed by atoms with van der Waals surface area (Å²) in [4.78, 5) is 17.6. The van der Waals surface area contributed by atoms with E-state index in [1.165, 1.54) is 166 Å². The molecule has 0 aliphatic carbocycles. The molecule has 2 N–H and O–H groups in total. The maximum absolute atomic E-state index is 12.9. The van der Waals surface area contributed by atoms with E-state index >= 15 is 0 Å². The zero-order valence-electron chi connectivity index (χ0n) is 31.9. The number of amides is 1. The Morgan fingerprint density at radius 2 is 1.09 bits per heavy atom. The Morgan fingerprint density at radius 3 is 1.57 bits per heavy atom. The van der Waals surface area contributed by atoms with Gasteiger partial charge in [0.15, 0.2) is 0 Å². The number of aliphatic imine (C=N–C) groups is 1. The van der Waals surface area contributed by atoms with Crippen LogP contribution in [0.4, 0.5) is 0 Å². The summed E-state index contributed by atoms with van der Waals surface area (Å²) in [5.41, 5.74) is 0. The quantitative estimate of drug-likeness (QED) is 0.0527. The van der Waals surface area contributed by atoms with Crippen molar-refractivity contribution < 1.29 is 4.79 Å². The van der Waals surface area contributed by atoms with E-state index in [4.69, 9.17) is 0 Å². The van der Waals surface area contributed by atoms with Crippen molar-refractivity contribution in [1.82, 2.24) is 10.6 Å². The van der Waals surface area contributed by atoms with Crippen LogP contribution >= 0.6 is 0 Å². The number of nitrogens with one attached hydrogen (secondary N) is 2. The van der Waals surface area contributed by atoms with E-state index < -0.39 is 0 Å². The van der Waals surface area contributed by atoms with Crippen molar-refractivity contribution in [1.29, 1.82) is 0 Å². The summed E-state index contributed by atoms with van der Waals surface area (Å²) in [5, 5.41) is 6.95. The third-order valence-electron chi connectivity index (χ3n) is 10.0. The van der Waals surface area contributed by atoms with Crippen molar-refractivity contribution in [2.75, 3.05) is 13.1 Å². The van der Waals surface area contributed by atoms with Gasteiger partial charge in [-0.2, -0.15) is 0 Å². The molecule has 0 aromatic heterocycles. The van der Waals surface area contributed by atoms with Gasteiger partial charge in [-0.1, -0.05) is 148 Å². The molecule has 1 aliphatic rings. The van der Waals surface area contributed by atoms with Crippen LogP contribution in [0.5, 0.6) is 0 Å². The molecule has 1 aliphatic heterocycles. The number of allylic oxidation sites excluding steroid dienone is 4. The highest BCUT2D eigenvalue weighted by Gasteiger charge is 2.18. The summed E-state index contributed by atoms with van der Waals surface area (Å²) in [7, 11) is 0. The third kappa shape index (κ3) is 28.0. The lowest BCUT2D eigenvalue weighted by molar-refractivity contribution is -0.122. The van der Waals surface area contributed by atoms with Crippen molar-refractivity contribution in [3.05, 3.63) is 24.3 Å². The predicted molar refractivity (Wildman–Crippen MR) is 210 cm³/mol. The van der Waals surface area contributed by atoms with Gasteiger partial charge in [0, 0.05) is 24.9 Å². The summed E-state index contributed by atoms with van der Waals surface area (Å²) in [6.07, 6.45) is 47.3. The molecule has 1 heterocycles. The Bertz CT molecular complexity index is 773. The lowest BCUT2D eigenvalue weighted by Gasteiger charge is -2.21. The lowest BCUT2D eigenvalue weighted by Crippen LogP contribution is -2.35. The summed E-state index contributed by atoms with van der Waals surface area (Å²) < 4.78 is 0. The SMILES string of the molecule is CCCCCCCC/C=C\CCCCCCCC(=O)NC(CCCCC/C=C\CCCCCCCC)CCCC(CC)C1=NCCN1. The van der Waals surface area contributed by atoms with Crippen molar-refractivity contribution >= 4 is 11.7 Å². The number of carbonyl (C=O) groups excluding carboxylic acids is 1. The first-order chi connectivity index (χ1) is 23.2. The highest BCUT2D eigenvalue weighted by atomic mass is 16.1. The standard InChI is InChI=1S/C43H81N3O/c1-4-7-9-11-13-15-17-19-20-22-24-26-28-30-32-37-42(47)46-41(36-33-34-40(6-3)43-44-38-39-45-43)35-31-29-27-25-23-21-18-16-14-12-10-8-5-2/h19-21,23,40-41H,4-18,22,24-39H2,1-3H3,(H,44,45)(H,46,47)/b20-19-,23-21-. The summed E-state index contributed by atoms with van der Waals surface area (Å²) in [6.45, 7) is 8.77. The molecular weight excluding hydrogens is 574 g/mol. The van der Waals surface area contributed by atoms with Crippen LogP contribution in [0.3, 0.4) is 0 Å². The minimum Gasteiger partial charge on any atom is -0.372 e. The van der Waals surface area contributed by atoms with Gasteiger partial charge in [-0.3, -0.25) is 9.79 Å². The molecule has 0 radical (unpaired) electrons. The number of hydrogen-bond donors (Lipinski definition) is 2. The smallest absolute Gasteiger partial charge is 0.220 e. The number of hydrogen-bond acceptors (Lipinski definition) is 3. The van der Waals surface area contributed by atoms with Crippen molar-refractivity contribution in [2.24, 2.45) is 10.9 Å². The van der Waals surface area contributed by atoms with Gasteiger partial charge in [-0.25, -0.2) is 0 Å². The van der Waals surface area contributed by atoms with E-state index in [9.17, 15) is 4.79 Å². The second kappa shape index (κ2) is 34.3. The number of rotatable bonds is 35. The number of unbranched alkanes of at least 4 members (excludes halogenated alkanes) is 20. The first kappa shape index (κ1) is 43.4. The molecule has 0 spiro atoms. The van der Waals surface area contributed by atoms with Crippen LogP contribution in [0.15, 0.2) is 29.3 Å². The molecule has 0 aromatic carbocycles. The number of amidine groups is 1. The summed E-state index contributed by atoms with van der Waals surface area (Å²) in [6, 6.07) is 0.324. The number of carbonyl (C=O) groups is 1. The monoisotopic (exact) mass is 656 g/mol. The van der Waals surface area contributed by atoms with E-state index in [0.717, 1.165) is 38.8 Å². The number of nitrogens with zero attached hydrogens (tertiary/aromatic N) is 1. The van der Waals surface area contributed by atoms with Crippen molar-refractivity contribution in [2.45, 2.75) is 219 Å². The molecule has 1 rings (SSSR count). The van der Waals surface area contributed by atoms with Gasteiger partial charge in [0.25, 0.3) is 0 Å². The Labute approximate surface area is 294 Å². The van der Waals surface area contributed by atoms with Crippen molar-refractivity contribution in [3.8, 4) is 0 Å². The fourth-order valence-electron chi connectivity index (χ4n) is 6.89. The average molecular weight is 656 g/mol. The molecule has 1 amide bonds. The van der Waals surface area contributed by atoms with Crippen LogP contribution in [0.1, 0.15) is 213 Å². The van der Waals surface area contributed by atoms with Gasteiger partial charge in [0.05, 0.1) is 12.4 Å². The first-order valence-electron chi connectivity index (χ1n) is 21.1. The second-order valence-corrected chi connectivity index (χ2v) is 14.5. The molecule has 0 fully saturated rings. The topological polar surface area (TPSA) is 53.5 Å². The predicted octanol–water partition coefficient (Wildman–Crippen LogP) is 13.0. The van der Waals surface area contributed by atoms with Crippen LogP contribution in [0.2, 0.25) is 0 Å². The van der Waals surface area contributed by atoms with Crippen LogP contribution in [-0.4, -0.2) is 30.9 Å². The van der Waals surface area contributed by atoms with Crippen LogP contribution in [0, 0.1) is 5.92 Å². The summed E-state index contributed by atoms with van der Waals surface area (Å²) >= 11 is 0. The van der Waals surface area contributed by atoms with E-state index in [2.05, 4.69) is 60.7 Å². The minimum absolute atomic E-state index is 0.277. The van der Waals surface area contributed by atoms with Gasteiger partial charge in [0.1, 0.15) is 0 Å². The fraction of sp³-hybridized carbons (Fsp3) is 0.860. The zero-order valence-corrected chi connectivity index (χ0v) is 31.9. The maximum atomic E-state index is 12.9. The highest BCUT2D eigenvalue weighted by Crippen LogP contribution is 2.19. The molecule has 0 saturated carbocycles. The van der Waals surface area contributed by atoms with Gasteiger partial charge in [-0.15, -0.1) is 0 Å². The molecule has 2 unspecified atom stereocenters. The molecule has 2 atom stereocenters.